The van der Waals surface area contributed by atoms with E-state index >= 15 is 0 Å². The smallest absolute Gasteiger partial charge is 0.409 e. The number of carbonyl (C=O) groups is 10. The first-order valence-electron chi connectivity index (χ1n) is 31.4. The fraction of sp³-hybridized carbons (Fsp3) is 0.612. The first-order chi connectivity index (χ1) is 42.8. The van der Waals surface area contributed by atoms with Gasteiger partial charge >= 0.3 is 24.1 Å². The van der Waals surface area contributed by atoms with Gasteiger partial charge in [0.25, 0.3) is 5.91 Å². The molecule has 1 heterocycles. The van der Waals surface area contributed by atoms with E-state index in [1.54, 1.807) is 72.1 Å². The van der Waals surface area contributed by atoms with Gasteiger partial charge in [-0.15, -0.1) is 0 Å². The summed E-state index contributed by atoms with van der Waals surface area (Å²) in [7, 11) is 7.91. The lowest BCUT2D eigenvalue weighted by Gasteiger charge is -2.33. The molecule has 1 unspecified atom stereocenters. The quantitative estimate of drug-likeness (QED) is 0.0276. The predicted octanol–water partition coefficient (Wildman–Crippen LogP) is 8.01. The fourth-order valence-corrected chi connectivity index (χ4v) is 9.46. The van der Waals surface area contributed by atoms with Gasteiger partial charge in [-0.25, -0.2) is 19.2 Å². The van der Waals surface area contributed by atoms with Crippen LogP contribution in [0.15, 0.2) is 71.8 Å². The van der Waals surface area contributed by atoms with E-state index in [2.05, 4.69) is 21.3 Å². The number of carbonyl (C=O) groups excluding carboxylic acids is 10. The number of ether oxygens (including phenoxy) is 4. The minimum atomic E-state index is -1.35. The maximum absolute atomic E-state index is 14.4. The average Bonchev–Trinajstić information content (AvgIpc) is 1.09. The number of esters is 2. The van der Waals surface area contributed by atoms with Crippen molar-refractivity contribution >= 4 is 77.2 Å². The summed E-state index contributed by atoms with van der Waals surface area (Å²) in [6, 6.07) is 9.19. The highest BCUT2D eigenvalue weighted by Gasteiger charge is 2.38. The Kier molecular flexibility index (Phi) is 35.3. The molecule has 508 valence electrons. The standard InChI is InChI=1S/C62H93ClN8O13.C5H11NO/c1-16-39(5)53-56(74)66-44(10)60(78)84-54(40(6)17-2)42(8)50(83-62(80)69(13)33-21-19-18-20-32-68(12)61(79)81-37-46-25-29-48(64-11)30-26-46)31-22-41(7)59(77)82-51(34-38(3)4)55(73)65-43(9)57(75)71(15)49(35-45-23-27-47(63)28-24-45)58(76)70(14)36-52(72)67-53;1-4(2)5(6)3-7/h17,22-30,38-39,42-44,49-51,53-54,64H,16,18-21,31-37H2,1-15H3,(H,65,73)(H,66,74)(H,67,72);3-5H,6H2,1-2H3/b40-17+,41-22+;/t39?,42-,43-,44+,49+,50-,51+,53-,54+;5-/m01/s1. The molecule has 0 spiro atoms. The number of hydrogen-bond acceptors (Lipinski definition) is 16. The number of cyclic esters (lactones) is 2. The van der Waals surface area contributed by atoms with E-state index in [0.717, 1.165) is 35.3 Å². The molecule has 3 rings (SSSR count). The lowest BCUT2D eigenvalue weighted by molar-refractivity contribution is -0.155. The maximum Gasteiger partial charge on any atom is 0.409 e. The van der Waals surface area contributed by atoms with E-state index in [9.17, 15) is 47.9 Å². The number of nitrogens with two attached hydrogens (primary N) is 1. The lowest BCUT2D eigenvalue weighted by atomic mass is 9.90. The third-order valence-corrected chi connectivity index (χ3v) is 16.3. The molecule has 10 atom stereocenters. The molecule has 0 aromatic heterocycles. The Morgan fingerprint density at radius 3 is 1.91 bits per heavy atom. The highest BCUT2D eigenvalue weighted by molar-refractivity contribution is 6.30. The van der Waals surface area contributed by atoms with Crippen molar-refractivity contribution in [2.24, 2.45) is 29.4 Å². The molecular weight excluding hydrogens is 1190 g/mol. The zero-order chi connectivity index (χ0) is 68.8. The van der Waals surface area contributed by atoms with Crippen LogP contribution in [0.2, 0.25) is 5.02 Å². The molecule has 6 N–H and O–H groups in total. The highest BCUT2D eigenvalue weighted by Crippen LogP contribution is 2.27. The van der Waals surface area contributed by atoms with Gasteiger partial charge in [0.1, 0.15) is 49.3 Å². The molecule has 0 saturated heterocycles. The topological polar surface area (TPSA) is 295 Å². The van der Waals surface area contributed by atoms with E-state index in [1.807, 2.05) is 65.9 Å². The van der Waals surface area contributed by atoms with Crippen molar-refractivity contribution < 1.29 is 66.9 Å². The fourth-order valence-electron chi connectivity index (χ4n) is 9.33. The second-order valence-corrected chi connectivity index (χ2v) is 24.9. The van der Waals surface area contributed by atoms with Gasteiger partial charge in [-0.1, -0.05) is 116 Å². The van der Waals surface area contributed by atoms with E-state index < -0.39 is 115 Å². The lowest BCUT2D eigenvalue weighted by Crippen LogP contribution is -2.57. The number of amides is 7. The van der Waals surface area contributed by atoms with Crippen LogP contribution < -0.4 is 27.0 Å². The number of nitrogens with one attached hydrogen (secondary N) is 4. The molecule has 0 bridgehead atoms. The SMILES string of the molecule is C/C=C(\C)[C@H]1OC(=O)[C@@H](C)NC(=O)[C@H](C(C)CC)NC(=O)CN(C)C(=O)[C@@H](Cc2ccc(Cl)cc2)N(C)C(=O)[C@H](C)NC(=O)[C@@H](CC(C)C)OC(=O)/C(C)=C/C[C@H](OC(=O)N(C)CCCCCCN(C)C(=O)OCc2ccc(NC)cc2)[C@@H]1C.CC(C)[C@H](N)C=O. The number of hydrogen-bond donors (Lipinski definition) is 5. The third kappa shape index (κ3) is 27.5. The minimum absolute atomic E-state index is 0.00334. The van der Waals surface area contributed by atoms with Gasteiger partial charge in [0.2, 0.25) is 23.6 Å². The zero-order valence-corrected chi connectivity index (χ0v) is 57.5. The first-order valence-corrected chi connectivity index (χ1v) is 31.8. The summed E-state index contributed by atoms with van der Waals surface area (Å²) in [4.78, 5) is 140. The maximum atomic E-state index is 14.4. The second-order valence-electron chi connectivity index (χ2n) is 24.4. The number of benzene rings is 2. The Labute approximate surface area is 544 Å². The normalized spacial score (nSPS) is 22.8. The largest absolute Gasteiger partial charge is 0.456 e. The van der Waals surface area contributed by atoms with Crippen molar-refractivity contribution in [2.75, 3.05) is 60.2 Å². The minimum Gasteiger partial charge on any atom is -0.456 e. The number of likely N-dealkylation sites (N-methyl/N-ethyl adjacent to an activating group) is 2. The zero-order valence-electron chi connectivity index (χ0n) is 56.7. The summed E-state index contributed by atoms with van der Waals surface area (Å²) >= 11 is 6.17. The predicted molar refractivity (Wildman–Crippen MR) is 351 cm³/mol. The van der Waals surface area contributed by atoms with Gasteiger partial charge in [-0.2, -0.15) is 0 Å². The van der Waals surface area contributed by atoms with E-state index in [1.165, 1.54) is 55.6 Å². The van der Waals surface area contributed by atoms with Gasteiger partial charge in [-0.3, -0.25) is 24.0 Å². The summed E-state index contributed by atoms with van der Waals surface area (Å²) < 4.78 is 23.7. The van der Waals surface area contributed by atoms with E-state index in [0.29, 0.717) is 48.5 Å². The Balaban J connectivity index is 0.00000379. The van der Waals surface area contributed by atoms with Crippen LogP contribution in [0, 0.1) is 23.7 Å². The third-order valence-electron chi connectivity index (χ3n) is 16.0. The number of halogens is 1. The van der Waals surface area contributed by atoms with Crippen LogP contribution in [-0.4, -0.2) is 183 Å². The van der Waals surface area contributed by atoms with Crippen LogP contribution in [0.3, 0.4) is 0 Å². The van der Waals surface area contributed by atoms with Crippen LogP contribution in [0.25, 0.3) is 0 Å². The Bertz CT molecular complexity index is 2760. The van der Waals surface area contributed by atoms with Gasteiger partial charge < -0.3 is 70.3 Å². The van der Waals surface area contributed by atoms with Crippen molar-refractivity contribution in [3.05, 3.63) is 88.0 Å². The molecule has 1 aliphatic heterocycles. The van der Waals surface area contributed by atoms with Crippen LogP contribution in [0.1, 0.15) is 139 Å². The molecule has 2 aromatic carbocycles. The molecule has 0 aliphatic carbocycles. The number of aldehydes is 1. The van der Waals surface area contributed by atoms with Gasteiger partial charge in [0, 0.05) is 83.4 Å². The van der Waals surface area contributed by atoms with Crippen molar-refractivity contribution in [3.63, 3.8) is 0 Å². The molecular formula is C67H104ClN9O14. The molecule has 2 aromatic rings. The Hall–Kier alpha value is -7.53. The van der Waals surface area contributed by atoms with E-state index in [-0.39, 0.29) is 49.3 Å². The molecule has 24 heteroatoms. The molecule has 7 amide bonds. The Morgan fingerprint density at radius 2 is 1.38 bits per heavy atom. The Morgan fingerprint density at radius 1 is 0.813 bits per heavy atom. The van der Waals surface area contributed by atoms with Gasteiger partial charge in [0.05, 0.1) is 12.6 Å². The second kappa shape index (κ2) is 40.4. The summed E-state index contributed by atoms with van der Waals surface area (Å²) in [5.74, 6) is -6.16. The number of nitrogens with zero attached hydrogens (tertiary/aromatic N) is 4. The van der Waals surface area contributed by atoms with Crippen LogP contribution >= 0.6 is 11.6 Å². The summed E-state index contributed by atoms with van der Waals surface area (Å²) in [6.07, 6.45) is 2.82. The van der Waals surface area contributed by atoms with Crippen molar-refractivity contribution in [2.45, 2.75) is 190 Å². The summed E-state index contributed by atoms with van der Waals surface area (Å²) in [5, 5.41) is 11.6. The van der Waals surface area contributed by atoms with E-state index in [4.69, 9.17) is 36.3 Å². The first kappa shape index (κ1) is 79.6. The summed E-state index contributed by atoms with van der Waals surface area (Å²) in [5.41, 5.74) is 8.38. The van der Waals surface area contributed by atoms with Gasteiger partial charge in [-0.05, 0) is 113 Å². The molecule has 91 heavy (non-hydrogen) atoms. The van der Waals surface area contributed by atoms with Crippen molar-refractivity contribution in [1.29, 1.82) is 0 Å². The molecule has 0 radical (unpaired) electrons. The summed E-state index contributed by atoms with van der Waals surface area (Å²) in [6.45, 7) is 21.2. The average molecular weight is 1300 g/mol. The highest BCUT2D eigenvalue weighted by atomic mass is 35.5. The van der Waals surface area contributed by atoms with Crippen LogP contribution in [0.5, 0.6) is 0 Å². The molecule has 1 aliphatic rings. The number of rotatable bonds is 20. The molecule has 0 fully saturated rings. The van der Waals surface area contributed by atoms with Gasteiger partial charge in [0.15, 0.2) is 6.10 Å². The monoisotopic (exact) mass is 1290 g/mol. The molecule has 0 saturated carbocycles. The number of allylic oxidation sites excluding steroid dienone is 1. The van der Waals surface area contributed by atoms with Crippen molar-refractivity contribution in [3.8, 4) is 0 Å². The number of anilines is 1. The number of unbranched alkanes of at least 4 members (excludes halogenated alkanes) is 3. The van der Waals surface area contributed by atoms with Crippen molar-refractivity contribution in [1.82, 2.24) is 35.6 Å². The van der Waals surface area contributed by atoms with Crippen LogP contribution in [0.4, 0.5) is 15.3 Å². The molecule has 23 nitrogen and oxygen atoms in total. The van der Waals surface area contributed by atoms with Crippen LogP contribution in [-0.2, 0) is 70.3 Å².